The summed E-state index contributed by atoms with van der Waals surface area (Å²) in [5.74, 6) is 1.32. The quantitative estimate of drug-likeness (QED) is 0.621. The van der Waals surface area contributed by atoms with Crippen LogP contribution < -0.4 is 9.47 Å². The van der Waals surface area contributed by atoms with Crippen molar-refractivity contribution < 1.29 is 19.7 Å². The normalized spacial score (nSPS) is 19.5. The molecule has 0 fully saturated rings. The molecular weight excluding hydrogens is 404 g/mol. The molecule has 3 aromatic carbocycles. The van der Waals surface area contributed by atoms with E-state index in [1.54, 1.807) is 30.3 Å². The summed E-state index contributed by atoms with van der Waals surface area (Å²) in [5, 5.41) is 27.9. The van der Waals surface area contributed by atoms with Crippen molar-refractivity contribution in [3.8, 4) is 23.0 Å². The van der Waals surface area contributed by atoms with Crippen LogP contribution in [0.2, 0.25) is 5.02 Å². The fourth-order valence-corrected chi connectivity index (χ4v) is 4.20. The third kappa shape index (κ3) is 3.00. The molecular formula is C23H19ClN2O4. The van der Waals surface area contributed by atoms with Gasteiger partial charge in [-0.25, -0.2) is 5.01 Å². The van der Waals surface area contributed by atoms with Crippen LogP contribution in [0.4, 0.5) is 0 Å². The van der Waals surface area contributed by atoms with E-state index in [-0.39, 0.29) is 17.5 Å². The van der Waals surface area contributed by atoms with E-state index in [4.69, 9.17) is 26.2 Å². The summed E-state index contributed by atoms with van der Waals surface area (Å²) in [4.78, 5) is 0. The van der Waals surface area contributed by atoms with Crippen LogP contribution in [0.25, 0.3) is 0 Å². The Morgan fingerprint density at radius 1 is 1.07 bits per heavy atom. The van der Waals surface area contributed by atoms with E-state index in [0.29, 0.717) is 22.8 Å². The number of methoxy groups -OCH3 is 1. The number of hydrogen-bond donors (Lipinski definition) is 2. The van der Waals surface area contributed by atoms with Gasteiger partial charge in [-0.2, -0.15) is 5.10 Å². The van der Waals surface area contributed by atoms with Gasteiger partial charge in [-0.1, -0.05) is 23.7 Å². The van der Waals surface area contributed by atoms with Crippen molar-refractivity contribution in [3.63, 3.8) is 0 Å². The molecule has 6 nitrogen and oxygen atoms in total. The van der Waals surface area contributed by atoms with E-state index in [0.717, 1.165) is 22.6 Å². The van der Waals surface area contributed by atoms with E-state index in [2.05, 4.69) is 0 Å². The van der Waals surface area contributed by atoms with Crippen LogP contribution in [0.5, 0.6) is 23.0 Å². The van der Waals surface area contributed by atoms with Gasteiger partial charge >= 0.3 is 0 Å². The number of rotatable bonds is 3. The maximum absolute atomic E-state index is 10.3. The van der Waals surface area contributed by atoms with E-state index in [9.17, 15) is 10.2 Å². The van der Waals surface area contributed by atoms with Crippen LogP contribution in [0, 0.1) is 0 Å². The highest BCUT2D eigenvalue weighted by Gasteiger charge is 2.41. The molecule has 7 heteroatoms. The second-order valence-corrected chi connectivity index (χ2v) is 7.68. The van der Waals surface area contributed by atoms with Crippen LogP contribution in [0.15, 0.2) is 65.8 Å². The molecule has 5 rings (SSSR count). The van der Waals surface area contributed by atoms with Gasteiger partial charge in [-0.15, -0.1) is 0 Å². The summed E-state index contributed by atoms with van der Waals surface area (Å²) in [5.41, 5.74) is 3.12. The lowest BCUT2D eigenvalue weighted by Crippen LogP contribution is -2.33. The molecule has 152 valence electrons. The molecule has 2 unspecified atom stereocenters. The van der Waals surface area contributed by atoms with E-state index in [1.807, 2.05) is 35.3 Å². The number of para-hydroxylation sites is 1. The lowest BCUT2D eigenvalue weighted by atomic mass is 9.95. The number of halogens is 1. The summed E-state index contributed by atoms with van der Waals surface area (Å²) >= 11 is 6.25. The first kappa shape index (κ1) is 18.6. The van der Waals surface area contributed by atoms with Crippen molar-refractivity contribution in [1.82, 2.24) is 5.01 Å². The van der Waals surface area contributed by atoms with Gasteiger partial charge in [0.05, 0.1) is 18.9 Å². The molecule has 2 aliphatic rings. The van der Waals surface area contributed by atoms with Crippen molar-refractivity contribution in [2.75, 3.05) is 7.11 Å². The molecule has 0 saturated heterocycles. The van der Waals surface area contributed by atoms with Gasteiger partial charge in [0.25, 0.3) is 0 Å². The topological polar surface area (TPSA) is 74.5 Å². The predicted molar refractivity (Wildman–Crippen MR) is 113 cm³/mol. The third-order valence-corrected chi connectivity index (χ3v) is 5.69. The van der Waals surface area contributed by atoms with Crippen LogP contribution in [-0.4, -0.2) is 28.0 Å². The first-order chi connectivity index (χ1) is 14.5. The molecule has 30 heavy (non-hydrogen) atoms. The van der Waals surface area contributed by atoms with Gasteiger partial charge in [0.15, 0.2) is 11.5 Å². The molecule has 2 atom stereocenters. The molecule has 0 aromatic heterocycles. The largest absolute Gasteiger partial charge is 0.507 e. The third-order valence-electron chi connectivity index (χ3n) is 5.45. The number of hydrazone groups is 1. The zero-order chi connectivity index (χ0) is 20.8. The number of phenols is 2. The molecule has 2 N–H and O–H groups in total. The molecule has 2 aliphatic heterocycles. The number of aromatic hydroxyl groups is 2. The van der Waals surface area contributed by atoms with Crippen molar-refractivity contribution in [2.45, 2.75) is 18.7 Å². The molecule has 0 aliphatic carbocycles. The Kier molecular flexibility index (Phi) is 4.44. The van der Waals surface area contributed by atoms with Gasteiger partial charge < -0.3 is 19.7 Å². The molecule has 0 spiro atoms. The molecule has 0 saturated carbocycles. The Morgan fingerprint density at radius 3 is 2.67 bits per heavy atom. The summed E-state index contributed by atoms with van der Waals surface area (Å²) in [7, 11) is 1.51. The van der Waals surface area contributed by atoms with E-state index >= 15 is 0 Å². The summed E-state index contributed by atoms with van der Waals surface area (Å²) in [6.45, 7) is 0. The zero-order valence-electron chi connectivity index (χ0n) is 16.1. The zero-order valence-corrected chi connectivity index (χ0v) is 16.9. The van der Waals surface area contributed by atoms with Gasteiger partial charge in [0, 0.05) is 28.1 Å². The number of phenolic OH excluding ortho intramolecular Hbond substituents is 2. The van der Waals surface area contributed by atoms with Crippen molar-refractivity contribution >= 4 is 17.3 Å². The van der Waals surface area contributed by atoms with Crippen molar-refractivity contribution in [3.05, 3.63) is 82.4 Å². The Hall–Kier alpha value is -3.38. The minimum atomic E-state index is -0.552. The lowest BCUT2D eigenvalue weighted by Gasteiger charge is -2.38. The first-order valence-corrected chi connectivity index (χ1v) is 9.90. The number of benzene rings is 3. The van der Waals surface area contributed by atoms with Gasteiger partial charge in [0.2, 0.25) is 6.23 Å². The second kappa shape index (κ2) is 7.15. The Balaban J connectivity index is 1.62. The molecule has 0 bridgehead atoms. The Labute approximate surface area is 178 Å². The summed E-state index contributed by atoms with van der Waals surface area (Å²) in [6.07, 6.45) is 0.0382. The highest BCUT2D eigenvalue weighted by Crippen LogP contribution is 2.49. The minimum absolute atomic E-state index is 0.0288. The highest BCUT2D eigenvalue weighted by molar-refractivity contribution is 6.30. The standard InChI is InChI=1S/C23H19ClN2O4/c1-29-22-8-6-13(10-20(22)28)23-26-18(16-11-14(24)7-9-21(16)30-23)12-17(25-26)15-4-2-3-5-19(15)27/h2-11,18,23,27-28H,12H2,1H3. The smallest absolute Gasteiger partial charge is 0.214 e. The van der Waals surface area contributed by atoms with Crippen molar-refractivity contribution in [2.24, 2.45) is 5.10 Å². The number of nitrogens with zero attached hydrogens (tertiary/aromatic N) is 2. The fourth-order valence-electron chi connectivity index (χ4n) is 4.02. The van der Waals surface area contributed by atoms with E-state index < -0.39 is 6.23 Å². The van der Waals surface area contributed by atoms with Crippen molar-refractivity contribution in [1.29, 1.82) is 0 Å². The SMILES string of the molecule is COc1ccc(C2Oc3ccc(Cl)cc3C3CC(c4ccccc4O)=NN32)cc1O. The van der Waals surface area contributed by atoms with Crippen LogP contribution in [0.1, 0.15) is 35.4 Å². The van der Waals surface area contributed by atoms with Crippen LogP contribution in [-0.2, 0) is 0 Å². The maximum Gasteiger partial charge on any atom is 0.214 e. The number of fused-ring (bicyclic) bond motifs is 3. The van der Waals surface area contributed by atoms with E-state index in [1.165, 1.54) is 7.11 Å². The average molecular weight is 423 g/mol. The average Bonchev–Trinajstić information content (AvgIpc) is 3.19. The number of hydrogen-bond acceptors (Lipinski definition) is 6. The monoisotopic (exact) mass is 422 g/mol. The fraction of sp³-hybridized carbons (Fsp3) is 0.174. The summed E-state index contributed by atoms with van der Waals surface area (Å²) in [6, 6.07) is 17.7. The Morgan fingerprint density at radius 2 is 1.90 bits per heavy atom. The molecule has 0 radical (unpaired) electrons. The predicted octanol–water partition coefficient (Wildman–Crippen LogP) is 5.00. The lowest BCUT2D eigenvalue weighted by molar-refractivity contribution is -0.0191. The summed E-state index contributed by atoms with van der Waals surface area (Å²) < 4.78 is 11.4. The highest BCUT2D eigenvalue weighted by atomic mass is 35.5. The number of ether oxygens (including phenoxy) is 2. The first-order valence-electron chi connectivity index (χ1n) is 9.52. The second-order valence-electron chi connectivity index (χ2n) is 7.25. The van der Waals surface area contributed by atoms with Gasteiger partial charge in [-0.05, 0) is 48.5 Å². The maximum atomic E-state index is 10.3. The minimum Gasteiger partial charge on any atom is -0.507 e. The molecule has 0 amide bonds. The molecule has 3 aromatic rings. The van der Waals surface area contributed by atoms with Gasteiger partial charge in [0.1, 0.15) is 11.5 Å². The van der Waals surface area contributed by atoms with Crippen LogP contribution in [0.3, 0.4) is 0 Å². The van der Waals surface area contributed by atoms with Gasteiger partial charge in [-0.3, -0.25) is 0 Å². The van der Waals surface area contributed by atoms with Crippen LogP contribution >= 0.6 is 11.6 Å². The Bertz CT molecular complexity index is 1160. The molecule has 2 heterocycles.